The molecule has 0 aromatic carbocycles. The van der Waals surface area contributed by atoms with Crippen molar-refractivity contribution in [2.45, 2.75) is 39.0 Å². The Balaban J connectivity index is 2.69. The van der Waals surface area contributed by atoms with Gasteiger partial charge in [-0.05, 0) is 31.3 Å². The predicted octanol–water partition coefficient (Wildman–Crippen LogP) is 3.25. The van der Waals surface area contributed by atoms with Gasteiger partial charge in [-0.3, -0.25) is 0 Å². The Labute approximate surface area is 90.3 Å². The number of methoxy groups -OCH3 is 1. The number of carbonyl (C=O) groups excluding carboxylic acids is 1. The lowest BCUT2D eigenvalue weighted by Gasteiger charge is -2.22. The van der Waals surface area contributed by atoms with Gasteiger partial charge in [-0.25, -0.2) is 4.79 Å². The van der Waals surface area contributed by atoms with Gasteiger partial charge in [0.25, 0.3) is 0 Å². The molecule has 0 heterocycles. The van der Waals surface area contributed by atoms with Crippen molar-refractivity contribution in [3.05, 3.63) is 10.6 Å². The third-order valence-corrected chi connectivity index (χ3v) is 3.38. The summed E-state index contributed by atoms with van der Waals surface area (Å²) in [5.41, 5.74) is 0.998. The second-order valence-electron chi connectivity index (χ2n) is 3.82. The molecular weight excluding hydrogens is 200 g/mol. The molecule has 0 aliphatic heterocycles. The van der Waals surface area contributed by atoms with E-state index in [1.54, 1.807) is 0 Å². The molecule has 0 N–H and O–H groups in total. The summed E-state index contributed by atoms with van der Waals surface area (Å²) in [4.78, 5) is 11.2. The fourth-order valence-corrected chi connectivity index (χ4v) is 2.20. The maximum Gasteiger partial charge on any atom is 0.349 e. The summed E-state index contributed by atoms with van der Waals surface area (Å²) in [5.74, 6) is 0.0742. The van der Waals surface area contributed by atoms with Crippen molar-refractivity contribution in [3.63, 3.8) is 0 Å². The van der Waals surface area contributed by atoms with Crippen molar-refractivity contribution in [2.24, 2.45) is 5.92 Å². The highest BCUT2D eigenvalue weighted by molar-refractivity contribution is 6.41. The van der Waals surface area contributed by atoms with Crippen LogP contribution in [0, 0.1) is 5.92 Å². The molecule has 1 aliphatic carbocycles. The van der Waals surface area contributed by atoms with E-state index in [2.05, 4.69) is 4.74 Å². The van der Waals surface area contributed by atoms with Crippen LogP contribution in [0.25, 0.3) is 0 Å². The van der Waals surface area contributed by atoms with E-state index >= 15 is 0 Å². The van der Waals surface area contributed by atoms with Crippen LogP contribution in [0.15, 0.2) is 10.6 Å². The lowest BCUT2D eigenvalue weighted by Crippen LogP contribution is -2.12. The van der Waals surface area contributed by atoms with Gasteiger partial charge in [-0.1, -0.05) is 30.9 Å². The normalized spacial score (nSPS) is 20.2. The molecule has 0 saturated heterocycles. The second-order valence-corrected chi connectivity index (χ2v) is 4.20. The molecule has 0 aromatic heterocycles. The van der Waals surface area contributed by atoms with Crippen LogP contribution in [0.2, 0.25) is 0 Å². The summed E-state index contributed by atoms with van der Waals surface area (Å²) in [6.07, 6.45) is 6.10. The van der Waals surface area contributed by atoms with Crippen LogP contribution in [0.5, 0.6) is 0 Å². The molecule has 0 bridgehead atoms. The first kappa shape index (κ1) is 11.6. The van der Waals surface area contributed by atoms with Crippen molar-refractivity contribution in [3.8, 4) is 0 Å². The maximum atomic E-state index is 11.2. The molecule has 0 atom stereocenters. The van der Waals surface area contributed by atoms with Gasteiger partial charge >= 0.3 is 5.97 Å². The Kier molecular flexibility index (Phi) is 4.46. The average Bonchev–Trinajstić information content (AvgIpc) is 2.27. The molecule has 1 fully saturated rings. The van der Waals surface area contributed by atoms with Crippen LogP contribution in [0.1, 0.15) is 39.0 Å². The molecule has 2 nitrogen and oxygen atoms in total. The summed E-state index contributed by atoms with van der Waals surface area (Å²) >= 11 is 5.92. The van der Waals surface area contributed by atoms with Crippen LogP contribution >= 0.6 is 11.6 Å². The van der Waals surface area contributed by atoms with E-state index < -0.39 is 5.97 Å². The Morgan fingerprint density at radius 3 is 2.36 bits per heavy atom. The number of hydrogen-bond acceptors (Lipinski definition) is 2. The van der Waals surface area contributed by atoms with Gasteiger partial charge in [0, 0.05) is 0 Å². The summed E-state index contributed by atoms with van der Waals surface area (Å²) in [5, 5.41) is 0.277. The third kappa shape index (κ3) is 2.74. The number of rotatable bonds is 2. The maximum absolute atomic E-state index is 11.2. The van der Waals surface area contributed by atoms with Gasteiger partial charge in [-0.15, -0.1) is 0 Å². The van der Waals surface area contributed by atoms with Crippen molar-refractivity contribution < 1.29 is 9.53 Å². The molecule has 0 spiro atoms. The summed E-state index contributed by atoms with van der Waals surface area (Å²) < 4.78 is 4.60. The minimum atomic E-state index is -0.408. The zero-order chi connectivity index (χ0) is 10.6. The van der Waals surface area contributed by atoms with Crippen molar-refractivity contribution in [1.29, 1.82) is 0 Å². The van der Waals surface area contributed by atoms with E-state index in [0.29, 0.717) is 5.92 Å². The lowest BCUT2D eigenvalue weighted by molar-refractivity contribution is -0.135. The van der Waals surface area contributed by atoms with E-state index in [9.17, 15) is 4.79 Å². The van der Waals surface area contributed by atoms with Gasteiger partial charge in [0.15, 0.2) is 0 Å². The lowest BCUT2D eigenvalue weighted by atomic mass is 9.84. The molecule has 0 radical (unpaired) electrons. The van der Waals surface area contributed by atoms with E-state index in [0.717, 1.165) is 18.4 Å². The standard InChI is InChI=1S/C11H17ClO2/c1-8(10(12)11(13)14-2)9-6-4-3-5-7-9/h9H,3-7H2,1-2H3/b10-8+. The first-order valence-corrected chi connectivity index (χ1v) is 5.49. The monoisotopic (exact) mass is 216 g/mol. The number of halogens is 1. The summed E-state index contributed by atoms with van der Waals surface area (Å²) in [6.45, 7) is 1.94. The molecule has 0 amide bonds. The van der Waals surface area contributed by atoms with Gasteiger partial charge in [0.1, 0.15) is 5.03 Å². The molecule has 0 unspecified atom stereocenters. The number of hydrogen-bond donors (Lipinski definition) is 0. The van der Waals surface area contributed by atoms with Gasteiger partial charge < -0.3 is 4.74 Å². The van der Waals surface area contributed by atoms with E-state index in [1.165, 1.54) is 26.4 Å². The van der Waals surface area contributed by atoms with Gasteiger partial charge in [-0.2, -0.15) is 0 Å². The van der Waals surface area contributed by atoms with Crippen LogP contribution in [-0.2, 0) is 9.53 Å². The highest BCUT2D eigenvalue weighted by Crippen LogP contribution is 2.32. The highest BCUT2D eigenvalue weighted by Gasteiger charge is 2.20. The second kappa shape index (κ2) is 5.40. The van der Waals surface area contributed by atoms with E-state index in [1.807, 2.05) is 6.92 Å². The minimum absolute atomic E-state index is 0.277. The number of carbonyl (C=O) groups is 1. The van der Waals surface area contributed by atoms with Crippen LogP contribution in [0.3, 0.4) is 0 Å². The Bertz CT molecular complexity index is 240. The minimum Gasteiger partial charge on any atom is -0.465 e. The topological polar surface area (TPSA) is 26.3 Å². The fourth-order valence-electron chi connectivity index (χ4n) is 1.97. The molecule has 14 heavy (non-hydrogen) atoms. The zero-order valence-electron chi connectivity index (χ0n) is 8.81. The third-order valence-electron chi connectivity index (χ3n) is 2.93. The number of allylic oxidation sites excluding steroid dienone is 1. The first-order chi connectivity index (χ1) is 6.66. The zero-order valence-corrected chi connectivity index (χ0v) is 9.56. The predicted molar refractivity (Wildman–Crippen MR) is 57.1 cm³/mol. The number of esters is 1. The van der Waals surface area contributed by atoms with Crippen molar-refractivity contribution >= 4 is 17.6 Å². The Morgan fingerprint density at radius 2 is 1.86 bits per heavy atom. The molecule has 3 heteroatoms. The van der Waals surface area contributed by atoms with Gasteiger partial charge in [0.2, 0.25) is 0 Å². The van der Waals surface area contributed by atoms with Crippen LogP contribution < -0.4 is 0 Å². The van der Waals surface area contributed by atoms with E-state index in [-0.39, 0.29) is 5.03 Å². The molecule has 1 saturated carbocycles. The first-order valence-electron chi connectivity index (χ1n) is 5.11. The molecule has 0 aromatic rings. The fraction of sp³-hybridized carbons (Fsp3) is 0.727. The van der Waals surface area contributed by atoms with E-state index in [4.69, 9.17) is 11.6 Å². The summed E-state index contributed by atoms with van der Waals surface area (Å²) in [6, 6.07) is 0. The van der Waals surface area contributed by atoms with Crippen molar-refractivity contribution in [2.75, 3.05) is 7.11 Å². The van der Waals surface area contributed by atoms with Gasteiger partial charge in [0.05, 0.1) is 7.11 Å². The number of ether oxygens (including phenoxy) is 1. The molecule has 1 aliphatic rings. The average molecular weight is 217 g/mol. The molecular formula is C11H17ClO2. The quantitative estimate of drug-likeness (QED) is 0.523. The Hall–Kier alpha value is -0.500. The smallest absolute Gasteiger partial charge is 0.349 e. The Morgan fingerprint density at radius 1 is 1.29 bits per heavy atom. The molecule has 1 rings (SSSR count). The SMILES string of the molecule is COC(=O)/C(Cl)=C(/C)C1CCCCC1. The van der Waals surface area contributed by atoms with Crippen LogP contribution in [0.4, 0.5) is 0 Å². The van der Waals surface area contributed by atoms with Crippen molar-refractivity contribution in [1.82, 2.24) is 0 Å². The molecule has 80 valence electrons. The van der Waals surface area contributed by atoms with Crippen LogP contribution in [-0.4, -0.2) is 13.1 Å². The highest BCUT2D eigenvalue weighted by atomic mass is 35.5. The largest absolute Gasteiger partial charge is 0.465 e. The summed E-state index contributed by atoms with van der Waals surface area (Å²) in [7, 11) is 1.36.